The predicted octanol–water partition coefficient (Wildman–Crippen LogP) is 2.56. The molecule has 3 N–H and O–H groups in total. The Balaban J connectivity index is 1.69. The molecule has 98 valence electrons. The molecular weight excluding hydrogens is 245 g/mol. The molecule has 19 heavy (non-hydrogen) atoms. The highest BCUT2D eigenvalue weighted by Crippen LogP contribution is 2.47. The van der Waals surface area contributed by atoms with Crippen LogP contribution in [0.15, 0.2) is 30.6 Å². The zero-order valence-corrected chi connectivity index (χ0v) is 10.3. The SMILES string of the molecule is Nc1cnc(C2CC(c3ccc(O)c(F)c3)C2)cn1. The van der Waals surface area contributed by atoms with Crippen molar-refractivity contribution in [3.63, 3.8) is 0 Å². The minimum Gasteiger partial charge on any atom is -0.505 e. The topological polar surface area (TPSA) is 72.0 Å². The van der Waals surface area contributed by atoms with Crippen LogP contribution in [0.5, 0.6) is 5.75 Å². The summed E-state index contributed by atoms with van der Waals surface area (Å²) in [6.07, 6.45) is 5.10. The summed E-state index contributed by atoms with van der Waals surface area (Å²) in [5.41, 5.74) is 7.36. The van der Waals surface area contributed by atoms with Gasteiger partial charge < -0.3 is 10.8 Å². The van der Waals surface area contributed by atoms with Crippen LogP contribution in [0.25, 0.3) is 0 Å². The molecule has 0 amide bonds. The minimum absolute atomic E-state index is 0.302. The smallest absolute Gasteiger partial charge is 0.165 e. The molecule has 1 aliphatic rings. The van der Waals surface area contributed by atoms with E-state index in [1.165, 1.54) is 12.1 Å². The summed E-state index contributed by atoms with van der Waals surface area (Å²) in [7, 11) is 0. The fraction of sp³-hybridized carbons (Fsp3) is 0.286. The lowest BCUT2D eigenvalue weighted by Gasteiger charge is -2.35. The third kappa shape index (κ3) is 2.23. The molecule has 1 fully saturated rings. The number of nitrogens with zero attached hydrogens (tertiary/aromatic N) is 2. The maximum atomic E-state index is 13.3. The van der Waals surface area contributed by atoms with Crippen LogP contribution >= 0.6 is 0 Å². The van der Waals surface area contributed by atoms with Gasteiger partial charge in [0.1, 0.15) is 5.82 Å². The van der Waals surface area contributed by atoms with Crippen molar-refractivity contribution < 1.29 is 9.50 Å². The van der Waals surface area contributed by atoms with E-state index in [9.17, 15) is 4.39 Å². The molecule has 3 rings (SSSR count). The van der Waals surface area contributed by atoms with Gasteiger partial charge in [-0.2, -0.15) is 0 Å². The molecule has 1 heterocycles. The van der Waals surface area contributed by atoms with Gasteiger partial charge >= 0.3 is 0 Å². The van der Waals surface area contributed by atoms with E-state index in [2.05, 4.69) is 9.97 Å². The molecule has 2 aromatic rings. The number of aromatic nitrogens is 2. The van der Waals surface area contributed by atoms with E-state index < -0.39 is 5.82 Å². The highest BCUT2D eigenvalue weighted by molar-refractivity contribution is 5.33. The van der Waals surface area contributed by atoms with E-state index >= 15 is 0 Å². The van der Waals surface area contributed by atoms with Crippen molar-refractivity contribution in [2.45, 2.75) is 24.7 Å². The molecule has 0 spiro atoms. The fourth-order valence-electron chi connectivity index (χ4n) is 2.47. The number of benzene rings is 1. The average molecular weight is 259 g/mol. The van der Waals surface area contributed by atoms with E-state index in [1.807, 2.05) is 0 Å². The first-order chi connectivity index (χ1) is 9.13. The monoisotopic (exact) mass is 259 g/mol. The molecule has 1 aliphatic carbocycles. The van der Waals surface area contributed by atoms with Gasteiger partial charge in [-0.1, -0.05) is 6.07 Å². The number of anilines is 1. The molecule has 0 unspecified atom stereocenters. The van der Waals surface area contributed by atoms with Gasteiger partial charge in [0.2, 0.25) is 0 Å². The molecule has 0 radical (unpaired) electrons. The summed E-state index contributed by atoms with van der Waals surface area (Å²) in [5.74, 6) is 0.229. The molecule has 1 saturated carbocycles. The summed E-state index contributed by atoms with van der Waals surface area (Å²) in [6.45, 7) is 0. The Kier molecular flexibility index (Phi) is 2.81. The number of halogens is 1. The van der Waals surface area contributed by atoms with Crippen LogP contribution in [-0.2, 0) is 0 Å². The molecule has 5 heteroatoms. The van der Waals surface area contributed by atoms with Gasteiger partial charge in [0, 0.05) is 5.92 Å². The summed E-state index contributed by atoms with van der Waals surface area (Å²) in [6, 6.07) is 4.58. The van der Waals surface area contributed by atoms with Crippen LogP contribution in [0.3, 0.4) is 0 Å². The summed E-state index contributed by atoms with van der Waals surface area (Å²) in [5, 5.41) is 9.17. The van der Waals surface area contributed by atoms with Crippen LogP contribution in [0, 0.1) is 5.82 Å². The van der Waals surface area contributed by atoms with E-state index in [0.29, 0.717) is 17.7 Å². The number of rotatable bonds is 2. The number of phenols is 1. The standard InChI is InChI=1S/C14H14FN3O/c15-11-5-8(1-2-13(11)19)9-3-10(4-9)12-6-18-14(16)7-17-12/h1-2,5-7,9-10,19H,3-4H2,(H2,16,18). The predicted molar refractivity (Wildman–Crippen MR) is 69.2 cm³/mol. The van der Waals surface area contributed by atoms with Crippen LogP contribution < -0.4 is 5.73 Å². The molecule has 0 bridgehead atoms. The van der Waals surface area contributed by atoms with Gasteiger partial charge in [-0.3, -0.25) is 4.98 Å². The first kappa shape index (κ1) is 11.9. The molecule has 0 atom stereocenters. The maximum Gasteiger partial charge on any atom is 0.165 e. The zero-order chi connectivity index (χ0) is 13.4. The normalized spacial score (nSPS) is 21.9. The van der Waals surface area contributed by atoms with Crippen molar-refractivity contribution in [2.24, 2.45) is 0 Å². The van der Waals surface area contributed by atoms with Crippen molar-refractivity contribution in [3.05, 3.63) is 47.7 Å². The van der Waals surface area contributed by atoms with Crippen molar-refractivity contribution in [1.82, 2.24) is 9.97 Å². The third-order valence-corrected chi connectivity index (χ3v) is 3.69. The quantitative estimate of drug-likeness (QED) is 0.869. The van der Waals surface area contributed by atoms with Crippen LogP contribution in [0.1, 0.15) is 35.9 Å². The van der Waals surface area contributed by atoms with Crippen molar-refractivity contribution >= 4 is 5.82 Å². The number of hydrogen-bond donors (Lipinski definition) is 2. The third-order valence-electron chi connectivity index (χ3n) is 3.69. The number of hydrogen-bond acceptors (Lipinski definition) is 4. The van der Waals surface area contributed by atoms with E-state index in [0.717, 1.165) is 24.1 Å². The Bertz CT molecular complexity index is 594. The molecule has 0 saturated heterocycles. The summed E-state index contributed by atoms with van der Waals surface area (Å²) < 4.78 is 13.3. The van der Waals surface area contributed by atoms with Gasteiger partial charge in [-0.25, -0.2) is 9.37 Å². The second kappa shape index (κ2) is 4.50. The minimum atomic E-state index is -0.562. The summed E-state index contributed by atoms with van der Waals surface area (Å²) in [4.78, 5) is 8.29. The van der Waals surface area contributed by atoms with Crippen molar-refractivity contribution in [2.75, 3.05) is 5.73 Å². The van der Waals surface area contributed by atoms with E-state index in [-0.39, 0.29) is 5.75 Å². The van der Waals surface area contributed by atoms with Crippen LogP contribution in [-0.4, -0.2) is 15.1 Å². The number of nitrogens with two attached hydrogens (primary N) is 1. The second-order valence-electron chi connectivity index (χ2n) is 4.94. The molecule has 4 nitrogen and oxygen atoms in total. The number of nitrogen functional groups attached to an aromatic ring is 1. The first-order valence-electron chi connectivity index (χ1n) is 6.19. The second-order valence-corrected chi connectivity index (χ2v) is 4.94. The molecule has 0 aliphatic heterocycles. The lowest BCUT2D eigenvalue weighted by molar-refractivity contribution is 0.342. The largest absolute Gasteiger partial charge is 0.505 e. The Labute approximate surface area is 110 Å². The highest BCUT2D eigenvalue weighted by Gasteiger charge is 2.32. The lowest BCUT2D eigenvalue weighted by Crippen LogP contribution is -2.21. The van der Waals surface area contributed by atoms with Crippen molar-refractivity contribution in [3.8, 4) is 5.75 Å². The van der Waals surface area contributed by atoms with E-state index in [4.69, 9.17) is 10.8 Å². The molecule has 1 aromatic heterocycles. The van der Waals surface area contributed by atoms with E-state index in [1.54, 1.807) is 18.5 Å². The number of phenolic OH excluding ortho intramolecular Hbond substituents is 1. The first-order valence-corrected chi connectivity index (χ1v) is 6.19. The maximum absolute atomic E-state index is 13.3. The zero-order valence-electron chi connectivity index (χ0n) is 10.3. The van der Waals surface area contributed by atoms with Gasteiger partial charge in [-0.05, 0) is 36.5 Å². The number of aromatic hydroxyl groups is 1. The molecule has 1 aromatic carbocycles. The van der Waals surface area contributed by atoms with Gasteiger partial charge in [-0.15, -0.1) is 0 Å². The Morgan fingerprint density at radius 3 is 2.58 bits per heavy atom. The Morgan fingerprint density at radius 1 is 1.16 bits per heavy atom. The van der Waals surface area contributed by atoms with Crippen LogP contribution in [0.2, 0.25) is 0 Å². The van der Waals surface area contributed by atoms with Crippen LogP contribution in [0.4, 0.5) is 10.2 Å². The van der Waals surface area contributed by atoms with Gasteiger partial charge in [0.05, 0.1) is 18.1 Å². The lowest BCUT2D eigenvalue weighted by atomic mass is 9.70. The average Bonchev–Trinajstić information content (AvgIpc) is 2.34. The van der Waals surface area contributed by atoms with Gasteiger partial charge in [0.25, 0.3) is 0 Å². The Hall–Kier alpha value is -2.17. The Morgan fingerprint density at radius 2 is 1.95 bits per heavy atom. The fourth-order valence-corrected chi connectivity index (χ4v) is 2.47. The highest BCUT2D eigenvalue weighted by atomic mass is 19.1. The summed E-state index contributed by atoms with van der Waals surface area (Å²) >= 11 is 0. The molecular formula is C14H14FN3O. The van der Waals surface area contributed by atoms with Crippen molar-refractivity contribution in [1.29, 1.82) is 0 Å². The van der Waals surface area contributed by atoms with Gasteiger partial charge in [0.15, 0.2) is 11.6 Å².